The monoisotopic (exact) mass is 365 g/mol. The number of rotatable bonds is 5. The number of amides is 1. The summed E-state index contributed by atoms with van der Waals surface area (Å²) in [4.78, 5) is 13.7. The number of H-pyrrole nitrogens is 1. The lowest BCUT2D eigenvalue weighted by molar-refractivity contribution is 0.101. The molecule has 4 rings (SSSR count). The van der Waals surface area contributed by atoms with Crippen LogP contribution in [0.2, 0.25) is 0 Å². The van der Waals surface area contributed by atoms with Gasteiger partial charge in [-0.05, 0) is 23.6 Å². The minimum atomic E-state index is -0.388. The average Bonchev–Trinajstić information content (AvgIpc) is 3.42. The second-order valence-electron chi connectivity index (χ2n) is 5.42. The van der Waals surface area contributed by atoms with E-state index < -0.39 is 0 Å². The Balaban J connectivity index is 1.57. The van der Waals surface area contributed by atoms with Gasteiger partial charge in [0.05, 0.1) is 29.6 Å². The van der Waals surface area contributed by atoms with Crippen LogP contribution in [-0.4, -0.2) is 33.0 Å². The van der Waals surface area contributed by atoms with Crippen LogP contribution in [0.15, 0.2) is 60.1 Å². The van der Waals surface area contributed by atoms with E-state index in [-0.39, 0.29) is 11.6 Å². The third kappa shape index (κ3) is 3.09. The second-order valence-corrected chi connectivity index (χ2v) is 6.37. The SMILES string of the molecule is COc1cn(-c2ccccc2)nc1C(=O)Nc1cc(-c2cccs2)[nH]n1. The lowest BCUT2D eigenvalue weighted by Crippen LogP contribution is -2.14. The van der Waals surface area contributed by atoms with Gasteiger partial charge >= 0.3 is 0 Å². The fourth-order valence-corrected chi connectivity index (χ4v) is 3.19. The summed E-state index contributed by atoms with van der Waals surface area (Å²) in [6.45, 7) is 0. The molecule has 0 saturated heterocycles. The number of anilines is 1. The molecule has 0 aliphatic carbocycles. The smallest absolute Gasteiger partial charge is 0.281 e. The number of ether oxygens (including phenoxy) is 1. The Bertz CT molecular complexity index is 1020. The van der Waals surface area contributed by atoms with Gasteiger partial charge in [-0.25, -0.2) is 4.68 Å². The average molecular weight is 365 g/mol. The van der Waals surface area contributed by atoms with Crippen molar-refractivity contribution < 1.29 is 9.53 Å². The lowest BCUT2D eigenvalue weighted by Gasteiger charge is -2.01. The maximum absolute atomic E-state index is 12.6. The molecule has 0 aliphatic rings. The third-order valence-corrected chi connectivity index (χ3v) is 4.65. The van der Waals surface area contributed by atoms with E-state index in [2.05, 4.69) is 20.6 Å². The van der Waals surface area contributed by atoms with Crippen LogP contribution in [0.3, 0.4) is 0 Å². The molecule has 0 bridgehead atoms. The molecule has 0 saturated carbocycles. The van der Waals surface area contributed by atoms with Gasteiger partial charge in [-0.3, -0.25) is 9.89 Å². The Morgan fingerprint density at radius 1 is 1.23 bits per heavy atom. The van der Waals surface area contributed by atoms with Crippen molar-refractivity contribution in [1.29, 1.82) is 0 Å². The van der Waals surface area contributed by atoms with E-state index in [1.165, 1.54) is 7.11 Å². The van der Waals surface area contributed by atoms with Crippen molar-refractivity contribution >= 4 is 23.1 Å². The maximum Gasteiger partial charge on any atom is 0.281 e. The highest BCUT2D eigenvalue weighted by atomic mass is 32.1. The van der Waals surface area contributed by atoms with Crippen LogP contribution in [0.4, 0.5) is 5.82 Å². The van der Waals surface area contributed by atoms with Gasteiger partial charge in [0, 0.05) is 6.07 Å². The van der Waals surface area contributed by atoms with Crippen molar-refractivity contribution in [2.24, 2.45) is 0 Å². The van der Waals surface area contributed by atoms with Crippen molar-refractivity contribution in [3.63, 3.8) is 0 Å². The van der Waals surface area contributed by atoms with Gasteiger partial charge in [-0.15, -0.1) is 11.3 Å². The van der Waals surface area contributed by atoms with Crippen LogP contribution in [0, 0.1) is 0 Å². The maximum atomic E-state index is 12.6. The van der Waals surface area contributed by atoms with Crippen molar-refractivity contribution in [2.45, 2.75) is 0 Å². The number of aromatic amines is 1. The van der Waals surface area contributed by atoms with Gasteiger partial charge in [-0.1, -0.05) is 24.3 Å². The van der Waals surface area contributed by atoms with Crippen LogP contribution in [0.5, 0.6) is 5.75 Å². The summed E-state index contributed by atoms with van der Waals surface area (Å²) in [5, 5.41) is 16.1. The van der Waals surface area contributed by atoms with Gasteiger partial charge in [0.15, 0.2) is 17.3 Å². The minimum absolute atomic E-state index is 0.192. The predicted octanol–water partition coefficient (Wildman–Crippen LogP) is 3.58. The van der Waals surface area contributed by atoms with Gasteiger partial charge in [0.25, 0.3) is 5.91 Å². The number of para-hydroxylation sites is 1. The van der Waals surface area contributed by atoms with Crippen LogP contribution >= 0.6 is 11.3 Å². The van der Waals surface area contributed by atoms with Crippen molar-refractivity contribution in [3.8, 4) is 22.0 Å². The standard InChI is InChI=1S/C18H15N5O2S/c1-25-14-11-23(12-6-3-2-4-7-12)22-17(14)18(24)19-16-10-13(20-21-16)15-8-5-9-26-15/h2-11H,1H3,(H2,19,20,21,24). The molecule has 0 unspecified atom stereocenters. The highest BCUT2D eigenvalue weighted by Crippen LogP contribution is 2.25. The summed E-state index contributed by atoms with van der Waals surface area (Å²) in [6, 6.07) is 15.2. The first-order chi connectivity index (χ1) is 12.7. The quantitative estimate of drug-likeness (QED) is 0.566. The van der Waals surface area contributed by atoms with Crippen LogP contribution in [0.25, 0.3) is 16.3 Å². The molecule has 1 amide bonds. The first kappa shape index (κ1) is 16.1. The fraction of sp³-hybridized carbons (Fsp3) is 0.0556. The Morgan fingerprint density at radius 3 is 2.81 bits per heavy atom. The molecule has 8 heteroatoms. The van der Waals surface area contributed by atoms with Gasteiger partial charge in [0.2, 0.25) is 0 Å². The Labute approximate surface area is 153 Å². The van der Waals surface area contributed by atoms with Crippen molar-refractivity contribution in [1.82, 2.24) is 20.0 Å². The summed E-state index contributed by atoms with van der Waals surface area (Å²) < 4.78 is 6.91. The molecule has 4 aromatic rings. The molecule has 2 N–H and O–H groups in total. The molecular weight excluding hydrogens is 350 g/mol. The Kier molecular flexibility index (Phi) is 4.24. The number of methoxy groups -OCH3 is 1. The summed E-state index contributed by atoms with van der Waals surface area (Å²) in [5.41, 5.74) is 1.87. The molecule has 130 valence electrons. The number of hydrogen-bond acceptors (Lipinski definition) is 5. The van der Waals surface area contributed by atoms with Crippen LogP contribution in [0.1, 0.15) is 10.5 Å². The summed E-state index contributed by atoms with van der Waals surface area (Å²) in [5.74, 6) is 0.427. The Hall–Kier alpha value is -3.39. The number of hydrogen-bond donors (Lipinski definition) is 2. The molecule has 0 fully saturated rings. The summed E-state index contributed by atoms with van der Waals surface area (Å²) in [6.07, 6.45) is 1.67. The molecular formula is C18H15N5O2S. The topological polar surface area (TPSA) is 84.8 Å². The summed E-state index contributed by atoms with van der Waals surface area (Å²) in [7, 11) is 1.51. The molecule has 0 aliphatic heterocycles. The fourth-order valence-electron chi connectivity index (χ4n) is 2.50. The molecule has 0 spiro atoms. The van der Waals surface area contributed by atoms with Gasteiger partial charge in [-0.2, -0.15) is 10.2 Å². The second kappa shape index (κ2) is 6.85. The minimum Gasteiger partial charge on any atom is -0.493 e. The molecule has 0 radical (unpaired) electrons. The third-order valence-electron chi connectivity index (χ3n) is 3.74. The molecule has 7 nitrogen and oxygen atoms in total. The van der Waals surface area contributed by atoms with E-state index in [1.54, 1.807) is 28.3 Å². The lowest BCUT2D eigenvalue weighted by atomic mass is 10.3. The van der Waals surface area contributed by atoms with Crippen molar-refractivity contribution in [3.05, 3.63) is 65.8 Å². The number of carbonyl (C=O) groups is 1. The largest absolute Gasteiger partial charge is 0.493 e. The van der Waals surface area contributed by atoms with E-state index >= 15 is 0 Å². The first-order valence-electron chi connectivity index (χ1n) is 7.84. The highest BCUT2D eigenvalue weighted by Gasteiger charge is 2.19. The summed E-state index contributed by atoms with van der Waals surface area (Å²) >= 11 is 1.59. The van der Waals surface area contributed by atoms with Gasteiger partial charge in [0.1, 0.15) is 0 Å². The molecule has 3 aromatic heterocycles. The number of carbonyl (C=O) groups excluding carboxylic acids is 1. The van der Waals surface area contributed by atoms with E-state index in [0.29, 0.717) is 11.6 Å². The molecule has 0 atom stereocenters. The Morgan fingerprint density at radius 2 is 2.08 bits per heavy atom. The zero-order chi connectivity index (χ0) is 17.9. The first-order valence-corrected chi connectivity index (χ1v) is 8.72. The molecule has 26 heavy (non-hydrogen) atoms. The highest BCUT2D eigenvalue weighted by molar-refractivity contribution is 7.13. The zero-order valence-corrected chi connectivity index (χ0v) is 14.7. The molecule has 3 heterocycles. The number of nitrogens with zero attached hydrogens (tertiary/aromatic N) is 3. The van der Waals surface area contributed by atoms with E-state index in [4.69, 9.17) is 4.74 Å². The predicted molar refractivity (Wildman–Crippen MR) is 100.0 cm³/mol. The van der Waals surface area contributed by atoms with E-state index in [9.17, 15) is 4.79 Å². The van der Waals surface area contributed by atoms with E-state index in [0.717, 1.165) is 16.3 Å². The normalized spacial score (nSPS) is 10.7. The van der Waals surface area contributed by atoms with Gasteiger partial charge < -0.3 is 10.1 Å². The van der Waals surface area contributed by atoms with E-state index in [1.807, 2.05) is 47.8 Å². The number of aromatic nitrogens is 4. The zero-order valence-electron chi connectivity index (χ0n) is 13.8. The van der Waals surface area contributed by atoms with Crippen LogP contribution < -0.4 is 10.1 Å². The number of nitrogens with one attached hydrogen (secondary N) is 2. The number of thiophene rings is 1. The molecule has 1 aromatic carbocycles. The number of benzene rings is 1. The van der Waals surface area contributed by atoms with Crippen molar-refractivity contribution in [2.75, 3.05) is 12.4 Å². The van der Waals surface area contributed by atoms with Crippen LogP contribution in [-0.2, 0) is 0 Å².